The fourth-order valence-electron chi connectivity index (χ4n) is 2.25. The highest BCUT2D eigenvalue weighted by Crippen LogP contribution is 2.19. The summed E-state index contributed by atoms with van der Waals surface area (Å²) in [5.41, 5.74) is 0.687. The Bertz CT molecular complexity index is 494. The second-order valence-electron chi connectivity index (χ2n) is 4.82. The average molecular weight is 279 g/mol. The number of aliphatic hydroxyl groups is 1. The van der Waals surface area contributed by atoms with Crippen LogP contribution in [0.3, 0.4) is 0 Å². The van der Waals surface area contributed by atoms with Crippen molar-refractivity contribution in [3.05, 3.63) is 30.1 Å². The molecule has 2 amide bonds. The van der Waals surface area contributed by atoms with Crippen molar-refractivity contribution in [1.82, 2.24) is 15.2 Å². The van der Waals surface area contributed by atoms with Crippen molar-refractivity contribution < 1.29 is 19.8 Å². The minimum absolute atomic E-state index is 0.0255. The molecule has 3 atom stereocenters. The van der Waals surface area contributed by atoms with E-state index < -0.39 is 24.1 Å². The Kier molecular flexibility index (Phi) is 4.19. The van der Waals surface area contributed by atoms with Gasteiger partial charge in [0.2, 0.25) is 0 Å². The number of nitrogens with zero attached hydrogens (tertiary/aromatic N) is 2. The molecule has 7 heteroatoms. The van der Waals surface area contributed by atoms with Gasteiger partial charge in [0.1, 0.15) is 6.04 Å². The first-order valence-corrected chi connectivity index (χ1v) is 6.38. The number of carbonyl (C=O) groups is 2. The van der Waals surface area contributed by atoms with E-state index in [1.54, 1.807) is 25.3 Å². The highest BCUT2D eigenvalue weighted by Gasteiger charge is 2.39. The third kappa shape index (κ3) is 3.05. The minimum Gasteiger partial charge on any atom is -0.480 e. The predicted octanol–water partition coefficient (Wildman–Crippen LogP) is 0.372. The highest BCUT2D eigenvalue weighted by molar-refractivity contribution is 5.83. The van der Waals surface area contributed by atoms with Gasteiger partial charge in [-0.2, -0.15) is 0 Å². The number of rotatable bonds is 3. The summed E-state index contributed by atoms with van der Waals surface area (Å²) in [4.78, 5) is 28.4. The number of likely N-dealkylation sites (tertiary alicyclic amines) is 1. The summed E-state index contributed by atoms with van der Waals surface area (Å²) in [6.45, 7) is 1.79. The van der Waals surface area contributed by atoms with Crippen LogP contribution in [0.5, 0.6) is 0 Å². The monoisotopic (exact) mass is 279 g/mol. The van der Waals surface area contributed by atoms with Gasteiger partial charge in [0.25, 0.3) is 0 Å². The Hall–Kier alpha value is -2.15. The third-order valence-corrected chi connectivity index (χ3v) is 3.30. The number of pyridine rings is 1. The van der Waals surface area contributed by atoms with Crippen molar-refractivity contribution in [3.8, 4) is 0 Å². The number of aromatic nitrogens is 1. The Labute approximate surface area is 116 Å². The SMILES string of the molecule is CC(NC(=O)N1C[C@@H](O)C[C@H]1C(=O)O)c1ccccn1. The third-order valence-electron chi connectivity index (χ3n) is 3.30. The quantitative estimate of drug-likeness (QED) is 0.742. The number of urea groups is 1. The van der Waals surface area contributed by atoms with Crippen LogP contribution in [-0.2, 0) is 4.79 Å². The molecule has 1 saturated heterocycles. The lowest BCUT2D eigenvalue weighted by molar-refractivity contribution is -0.141. The van der Waals surface area contributed by atoms with E-state index in [4.69, 9.17) is 5.11 Å². The molecule has 1 unspecified atom stereocenters. The lowest BCUT2D eigenvalue weighted by Crippen LogP contribution is -2.46. The summed E-state index contributed by atoms with van der Waals surface area (Å²) in [5, 5.41) is 21.3. The molecule has 1 aromatic heterocycles. The van der Waals surface area contributed by atoms with Crippen molar-refractivity contribution in [2.24, 2.45) is 0 Å². The van der Waals surface area contributed by atoms with Crippen molar-refractivity contribution in [1.29, 1.82) is 0 Å². The highest BCUT2D eigenvalue weighted by atomic mass is 16.4. The van der Waals surface area contributed by atoms with E-state index in [0.717, 1.165) is 4.90 Å². The zero-order chi connectivity index (χ0) is 14.7. The molecule has 0 saturated carbocycles. The smallest absolute Gasteiger partial charge is 0.326 e. The topological polar surface area (TPSA) is 103 Å². The number of nitrogens with one attached hydrogen (secondary N) is 1. The van der Waals surface area contributed by atoms with Crippen LogP contribution in [0.1, 0.15) is 25.1 Å². The van der Waals surface area contributed by atoms with Gasteiger partial charge in [-0.15, -0.1) is 0 Å². The second kappa shape index (κ2) is 5.87. The number of carboxylic acids is 1. The molecular weight excluding hydrogens is 262 g/mol. The molecule has 0 spiro atoms. The van der Waals surface area contributed by atoms with E-state index in [2.05, 4.69) is 10.3 Å². The van der Waals surface area contributed by atoms with Crippen LogP contribution >= 0.6 is 0 Å². The largest absolute Gasteiger partial charge is 0.480 e. The van der Waals surface area contributed by atoms with Crippen LogP contribution in [0.4, 0.5) is 4.79 Å². The maximum atomic E-state index is 12.1. The lowest BCUT2D eigenvalue weighted by atomic mass is 10.2. The number of β-amino-alcohol motifs (C(OH)–C–C–N with tert-alkyl or cyclic N) is 1. The molecule has 1 aliphatic rings. The second-order valence-corrected chi connectivity index (χ2v) is 4.82. The summed E-state index contributed by atoms with van der Waals surface area (Å²) < 4.78 is 0. The number of aliphatic carboxylic acids is 1. The van der Waals surface area contributed by atoms with E-state index in [0.29, 0.717) is 5.69 Å². The number of aliphatic hydroxyl groups excluding tert-OH is 1. The Morgan fingerprint density at radius 3 is 2.85 bits per heavy atom. The van der Waals surface area contributed by atoms with Crippen molar-refractivity contribution in [2.75, 3.05) is 6.54 Å². The molecule has 2 rings (SSSR count). The zero-order valence-electron chi connectivity index (χ0n) is 11.1. The van der Waals surface area contributed by atoms with E-state index in [-0.39, 0.29) is 19.0 Å². The molecule has 1 aliphatic heterocycles. The van der Waals surface area contributed by atoms with Crippen LogP contribution in [0.2, 0.25) is 0 Å². The fraction of sp³-hybridized carbons (Fsp3) is 0.462. The van der Waals surface area contributed by atoms with Gasteiger partial charge in [-0.3, -0.25) is 4.98 Å². The maximum Gasteiger partial charge on any atom is 0.326 e. The summed E-state index contributed by atoms with van der Waals surface area (Å²) in [5.74, 6) is -1.11. The molecule has 1 aromatic rings. The fourth-order valence-corrected chi connectivity index (χ4v) is 2.25. The van der Waals surface area contributed by atoms with Crippen LogP contribution < -0.4 is 5.32 Å². The molecule has 108 valence electrons. The van der Waals surface area contributed by atoms with Crippen LogP contribution in [-0.4, -0.2) is 50.8 Å². The number of amides is 2. The molecule has 7 nitrogen and oxygen atoms in total. The van der Waals surface area contributed by atoms with E-state index in [9.17, 15) is 14.7 Å². The van der Waals surface area contributed by atoms with Gasteiger partial charge < -0.3 is 20.4 Å². The number of carboxylic acid groups (broad SMARTS) is 1. The predicted molar refractivity (Wildman–Crippen MR) is 69.9 cm³/mol. The minimum atomic E-state index is -1.11. The molecule has 0 radical (unpaired) electrons. The standard InChI is InChI=1S/C13H17N3O4/c1-8(10-4-2-3-5-14-10)15-13(20)16-7-9(17)6-11(16)12(18)19/h2-5,8-9,11,17H,6-7H2,1H3,(H,15,20)(H,18,19)/t8?,9-,11-/m0/s1. The summed E-state index contributed by atoms with van der Waals surface area (Å²) in [6.07, 6.45) is 0.880. The van der Waals surface area contributed by atoms with Crippen LogP contribution in [0.25, 0.3) is 0 Å². The molecule has 0 bridgehead atoms. The molecule has 20 heavy (non-hydrogen) atoms. The van der Waals surface area contributed by atoms with Crippen LogP contribution in [0, 0.1) is 0 Å². The number of hydrogen-bond donors (Lipinski definition) is 3. The van der Waals surface area contributed by atoms with Crippen molar-refractivity contribution in [2.45, 2.75) is 31.5 Å². The van der Waals surface area contributed by atoms with Crippen molar-refractivity contribution in [3.63, 3.8) is 0 Å². The molecular formula is C13H17N3O4. The van der Waals surface area contributed by atoms with Gasteiger partial charge >= 0.3 is 12.0 Å². The first-order valence-electron chi connectivity index (χ1n) is 6.38. The molecule has 0 aromatic carbocycles. The van der Waals surface area contributed by atoms with Gasteiger partial charge in [0.15, 0.2) is 0 Å². The maximum absolute atomic E-state index is 12.1. The number of hydrogen-bond acceptors (Lipinski definition) is 4. The molecule has 3 N–H and O–H groups in total. The zero-order valence-corrected chi connectivity index (χ0v) is 11.1. The molecule has 1 fully saturated rings. The van der Waals surface area contributed by atoms with Gasteiger partial charge in [-0.25, -0.2) is 9.59 Å². The Morgan fingerprint density at radius 2 is 2.25 bits per heavy atom. The van der Waals surface area contributed by atoms with Crippen LogP contribution in [0.15, 0.2) is 24.4 Å². The van der Waals surface area contributed by atoms with E-state index in [1.807, 2.05) is 6.07 Å². The van der Waals surface area contributed by atoms with E-state index >= 15 is 0 Å². The summed E-state index contributed by atoms with van der Waals surface area (Å²) >= 11 is 0. The first-order chi connectivity index (χ1) is 9.49. The first kappa shape index (κ1) is 14.3. The van der Waals surface area contributed by atoms with E-state index in [1.165, 1.54) is 0 Å². The lowest BCUT2D eigenvalue weighted by Gasteiger charge is -2.24. The Balaban J connectivity index is 2.02. The summed E-state index contributed by atoms with van der Waals surface area (Å²) in [6, 6.07) is 3.53. The molecule has 0 aliphatic carbocycles. The van der Waals surface area contributed by atoms with Gasteiger partial charge in [-0.1, -0.05) is 6.07 Å². The molecule has 2 heterocycles. The number of carbonyl (C=O) groups excluding carboxylic acids is 1. The van der Waals surface area contributed by atoms with Crippen molar-refractivity contribution >= 4 is 12.0 Å². The normalized spacial score (nSPS) is 23.4. The average Bonchev–Trinajstić information content (AvgIpc) is 2.82. The summed E-state index contributed by atoms with van der Waals surface area (Å²) in [7, 11) is 0. The van der Waals surface area contributed by atoms with Gasteiger partial charge in [0.05, 0.1) is 17.8 Å². The van der Waals surface area contributed by atoms with Gasteiger partial charge in [-0.05, 0) is 19.1 Å². The Morgan fingerprint density at radius 1 is 1.50 bits per heavy atom. The van der Waals surface area contributed by atoms with Gasteiger partial charge in [0, 0.05) is 19.2 Å².